The topological polar surface area (TPSA) is 38.9 Å². The SMILES string of the molecule is Nc1nc(-c2cccc3ccccc23)sc1Br. The number of nitrogens with zero attached hydrogens (tertiary/aromatic N) is 1. The molecule has 4 heteroatoms. The predicted octanol–water partition coefficient (Wildman–Crippen LogP) is 4.31. The summed E-state index contributed by atoms with van der Waals surface area (Å²) >= 11 is 4.97. The second-order valence-corrected chi connectivity index (χ2v) is 6.02. The fourth-order valence-electron chi connectivity index (χ4n) is 1.84. The molecular formula is C13H9BrN2S. The highest BCUT2D eigenvalue weighted by Crippen LogP contribution is 2.36. The fraction of sp³-hybridized carbons (Fsp3) is 0. The Morgan fingerprint density at radius 3 is 2.59 bits per heavy atom. The summed E-state index contributed by atoms with van der Waals surface area (Å²) in [5.41, 5.74) is 6.90. The zero-order valence-electron chi connectivity index (χ0n) is 8.85. The van der Waals surface area contributed by atoms with E-state index in [4.69, 9.17) is 5.73 Å². The van der Waals surface area contributed by atoms with Crippen LogP contribution in [0.5, 0.6) is 0 Å². The van der Waals surface area contributed by atoms with Crippen LogP contribution < -0.4 is 5.73 Å². The maximum Gasteiger partial charge on any atom is 0.149 e. The summed E-state index contributed by atoms with van der Waals surface area (Å²) in [6.07, 6.45) is 0. The highest BCUT2D eigenvalue weighted by molar-refractivity contribution is 9.11. The van der Waals surface area contributed by atoms with Crippen LogP contribution in [0.3, 0.4) is 0 Å². The third kappa shape index (κ3) is 1.83. The molecule has 0 unspecified atom stereocenters. The molecule has 0 aliphatic heterocycles. The number of anilines is 1. The molecule has 2 nitrogen and oxygen atoms in total. The number of thiazole rings is 1. The van der Waals surface area contributed by atoms with Crippen molar-refractivity contribution in [2.45, 2.75) is 0 Å². The average Bonchev–Trinajstić information content (AvgIpc) is 2.69. The predicted molar refractivity (Wildman–Crippen MR) is 77.2 cm³/mol. The summed E-state index contributed by atoms with van der Waals surface area (Å²) in [5.74, 6) is 0.554. The van der Waals surface area contributed by atoms with E-state index in [1.165, 1.54) is 10.8 Å². The lowest BCUT2D eigenvalue weighted by Gasteiger charge is -2.02. The molecule has 0 aliphatic rings. The van der Waals surface area contributed by atoms with E-state index in [1.54, 1.807) is 11.3 Å². The molecule has 2 N–H and O–H groups in total. The van der Waals surface area contributed by atoms with E-state index in [1.807, 2.05) is 18.2 Å². The first-order chi connectivity index (χ1) is 8.25. The first kappa shape index (κ1) is 10.7. The lowest BCUT2D eigenvalue weighted by molar-refractivity contribution is 1.41. The highest BCUT2D eigenvalue weighted by atomic mass is 79.9. The second kappa shape index (κ2) is 4.13. The Kier molecular flexibility index (Phi) is 2.61. The quantitative estimate of drug-likeness (QED) is 0.727. The Labute approximate surface area is 111 Å². The number of benzene rings is 2. The third-order valence-electron chi connectivity index (χ3n) is 2.63. The zero-order valence-corrected chi connectivity index (χ0v) is 11.3. The van der Waals surface area contributed by atoms with Crippen LogP contribution in [0.1, 0.15) is 0 Å². The van der Waals surface area contributed by atoms with Gasteiger partial charge in [0.05, 0.1) is 0 Å². The molecule has 0 atom stereocenters. The lowest BCUT2D eigenvalue weighted by Crippen LogP contribution is -1.85. The molecule has 1 heterocycles. The number of nitrogens with two attached hydrogens (primary N) is 1. The average molecular weight is 305 g/mol. The summed E-state index contributed by atoms with van der Waals surface area (Å²) in [7, 11) is 0. The van der Waals surface area contributed by atoms with Crippen LogP contribution in [0, 0.1) is 0 Å². The number of aromatic nitrogens is 1. The van der Waals surface area contributed by atoms with Crippen molar-refractivity contribution in [1.29, 1.82) is 0 Å². The number of fused-ring (bicyclic) bond motifs is 1. The summed E-state index contributed by atoms with van der Waals surface area (Å²) in [6, 6.07) is 14.5. The van der Waals surface area contributed by atoms with E-state index in [2.05, 4.69) is 45.2 Å². The molecule has 3 rings (SSSR count). The minimum atomic E-state index is 0.554. The Bertz CT molecular complexity index is 666. The van der Waals surface area contributed by atoms with E-state index in [0.717, 1.165) is 14.4 Å². The smallest absolute Gasteiger partial charge is 0.149 e. The normalized spacial score (nSPS) is 10.9. The molecule has 0 aliphatic carbocycles. The summed E-state index contributed by atoms with van der Waals surface area (Å²) in [6.45, 7) is 0. The minimum Gasteiger partial charge on any atom is -0.382 e. The van der Waals surface area contributed by atoms with Crippen LogP contribution in [0.15, 0.2) is 46.3 Å². The molecule has 3 aromatic rings. The van der Waals surface area contributed by atoms with E-state index in [0.29, 0.717) is 5.82 Å². The molecule has 0 amide bonds. The van der Waals surface area contributed by atoms with Gasteiger partial charge in [-0.1, -0.05) is 42.5 Å². The van der Waals surface area contributed by atoms with E-state index >= 15 is 0 Å². The van der Waals surface area contributed by atoms with Gasteiger partial charge in [-0.25, -0.2) is 4.98 Å². The van der Waals surface area contributed by atoms with Crippen molar-refractivity contribution in [1.82, 2.24) is 4.98 Å². The minimum absolute atomic E-state index is 0.554. The number of hydrogen-bond acceptors (Lipinski definition) is 3. The Morgan fingerprint density at radius 2 is 1.82 bits per heavy atom. The lowest BCUT2D eigenvalue weighted by atomic mass is 10.1. The fourth-order valence-corrected chi connectivity index (χ4v) is 3.14. The first-order valence-corrected chi connectivity index (χ1v) is 6.76. The van der Waals surface area contributed by atoms with Gasteiger partial charge in [0.25, 0.3) is 0 Å². The maximum atomic E-state index is 5.77. The van der Waals surface area contributed by atoms with Gasteiger partial charge < -0.3 is 5.73 Å². The van der Waals surface area contributed by atoms with E-state index < -0.39 is 0 Å². The molecule has 17 heavy (non-hydrogen) atoms. The summed E-state index contributed by atoms with van der Waals surface area (Å²) in [5, 5.41) is 3.37. The van der Waals surface area contributed by atoms with Crippen LogP contribution in [0.25, 0.3) is 21.3 Å². The van der Waals surface area contributed by atoms with Gasteiger partial charge in [-0.15, -0.1) is 11.3 Å². The molecule has 84 valence electrons. The van der Waals surface area contributed by atoms with Crippen LogP contribution in [0.2, 0.25) is 0 Å². The van der Waals surface area contributed by atoms with Crippen molar-refractivity contribution < 1.29 is 0 Å². The van der Waals surface area contributed by atoms with Gasteiger partial charge in [-0.3, -0.25) is 0 Å². The summed E-state index contributed by atoms with van der Waals surface area (Å²) < 4.78 is 0.889. The van der Waals surface area contributed by atoms with Gasteiger partial charge in [0, 0.05) is 5.56 Å². The van der Waals surface area contributed by atoms with Gasteiger partial charge >= 0.3 is 0 Å². The van der Waals surface area contributed by atoms with Crippen molar-refractivity contribution in [3.63, 3.8) is 0 Å². The van der Waals surface area contributed by atoms with Crippen molar-refractivity contribution in [2.24, 2.45) is 0 Å². The third-order valence-corrected chi connectivity index (χ3v) is 4.41. The molecule has 0 fully saturated rings. The molecule has 2 aromatic carbocycles. The molecule has 0 saturated carbocycles. The molecule has 0 radical (unpaired) electrons. The van der Waals surface area contributed by atoms with Crippen molar-refractivity contribution in [3.8, 4) is 10.6 Å². The highest BCUT2D eigenvalue weighted by Gasteiger charge is 2.10. The van der Waals surface area contributed by atoms with Crippen LogP contribution in [0.4, 0.5) is 5.82 Å². The number of rotatable bonds is 1. The maximum absolute atomic E-state index is 5.77. The van der Waals surface area contributed by atoms with Crippen molar-refractivity contribution >= 4 is 43.9 Å². The summed E-state index contributed by atoms with van der Waals surface area (Å²) in [4.78, 5) is 4.38. The first-order valence-electron chi connectivity index (χ1n) is 5.15. The van der Waals surface area contributed by atoms with Crippen LogP contribution in [-0.4, -0.2) is 4.98 Å². The van der Waals surface area contributed by atoms with E-state index in [9.17, 15) is 0 Å². The Morgan fingerprint density at radius 1 is 1.06 bits per heavy atom. The van der Waals surface area contributed by atoms with Gasteiger partial charge in [0.2, 0.25) is 0 Å². The van der Waals surface area contributed by atoms with Gasteiger partial charge in [-0.2, -0.15) is 0 Å². The molecule has 1 aromatic heterocycles. The van der Waals surface area contributed by atoms with Crippen LogP contribution in [-0.2, 0) is 0 Å². The van der Waals surface area contributed by atoms with Gasteiger partial charge in [-0.05, 0) is 26.7 Å². The second-order valence-electron chi connectivity index (χ2n) is 3.70. The zero-order chi connectivity index (χ0) is 11.8. The number of nitrogen functional groups attached to an aromatic ring is 1. The molecular weight excluding hydrogens is 296 g/mol. The van der Waals surface area contributed by atoms with Crippen molar-refractivity contribution in [2.75, 3.05) is 5.73 Å². The van der Waals surface area contributed by atoms with Crippen LogP contribution >= 0.6 is 27.3 Å². The molecule has 0 bridgehead atoms. The van der Waals surface area contributed by atoms with Crippen molar-refractivity contribution in [3.05, 3.63) is 46.3 Å². The Hall–Kier alpha value is -1.39. The standard InChI is InChI=1S/C13H9BrN2S/c14-11-12(15)16-13(17-11)10-7-3-5-8-4-1-2-6-9(8)10/h1-7H,15H2. The largest absolute Gasteiger partial charge is 0.382 e. The van der Waals surface area contributed by atoms with Gasteiger partial charge in [0.15, 0.2) is 0 Å². The Balaban J connectivity index is 2.30. The monoisotopic (exact) mass is 304 g/mol. The number of hydrogen-bond donors (Lipinski definition) is 1. The van der Waals surface area contributed by atoms with E-state index in [-0.39, 0.29) is 0 Å². The van der Waals surface area contributed by atoms with Gasteiger partial charge in [0.1, 0.15) is 14.6 Å². The molecule has 0 spiro atoms. The number of halogens is 1. The molecule has 0 saturated heterocycles.